The average Bonchev–Trinajstić information content (AvgIpc) is 0.898. The third kappa shape index (κ3) is 83.1. The van der Waals surface area contributed by atoms with E-state index in [1.807, 2.05) is 0 Å². The second-order valence-corrected chi connectivity index (χ2v) is 37.3. The van der Waals surface area contributed by atoms with E-state index in [1.54, 1.807) is 0 Å². The molecule has 0 aromatic carbocycles. The van der Waals surface area contributed by atoms with E-state index < -0.39 is 97.5 Å². The second kappa shape index (κ2) is 82.7. The van der Waals surface area contributed by atoms with Crippen molar-refractivity contribution in [3.05, 3.63) is 0 Å². The van der Waals surface area contributed by atoms with Crippen LogP contribution in [0, 0.1) is 17.8 Å². The molecule has 7 atom stereocenters. The van der Waals surface area contributed by atoms with Crippen molar-refractivity contribution < 1.29 is 80.2 Å². The van der Waals surface area contributed by atoms with E-state index in [0.29, 0.717) is 25.7 Å². The van der Waals surface area contributed by atoms with Crippen LogP contribution in [-0.2, 0) is 65.4 Å². The van der Waals surface area contributed by atoms with Gasteiger partial charge in [0.05, 0.1) is 26.4 Å². The summed E-state index contributed by atoms with van der Waals surface area (Å²) in [6.07, 6.45) is 76.3. The minimum atomic E-state index is -4.97. The average molecular weight is 1630 g/mol. The number of aliphatic hydroxyl groups excluding tert-OH is 1. The molecule has 112 heavy (non-hydrogen) atoms. The van der Waals surface area contributed by atoms with E-state index in [-0.39, 0.29) is 25.7 Å². The monoisotopic (exact) mass is 1630 g/mol. The highest BCUT2D eigenvalue weighted by molar-refractivity contribution is 7.47. The number of ether oxygens (including phenoxy) is 4. The van der Waals surface area contributed by atoms with Crippen LogP contribution in [0.25, 0.3) is 0 Å². The number of esters is 4. The van der Waals surface area contributed by atoms with Crippen LogP contribution in [0.1, 0.15) is 498 Å². The van der Waals surface area contributed by atoms with Gasteiger partial charge in [-0.2, -0.15) is 0 Å². The fourth-order valence-corrected chi connectivity index (χ4v) is 16.1. The largest absolute Gasteiger partial charge is 0.472 e. The number of phosphoric ester groups is 2. The van der Waals surface area contributed by atoms with E-state index >= 15 is 0 Å². The van der Waals surface area contributed by atoms with Gasteiger partial charge in [0.25, 0.3) is 0 Å². The molecule has 0 amide bonds. The molecule has 0 saturated heterocycles. The van der Waals surface area contributed by atoms with Crippen molar-refractivity contribution in [1.29, 1.82) is 0 Å². The highest BCUT2D eigenvalue weighted by Gasteiger charge is 2.31. The van der Waals surface area contributed by atoms with Gasteiger partial charge in [-0.05, 0) is 43.4 Å². The first-order valence-electron chi connectivity index (χ1n) is 47.9. The summed E-state index contributed by atoms with van der Waals surface area (Å²) in [5, 5.41) is 10.7. The molecule has 0 bridgehead atoms. The second-order valence-electron chi connectivity index (χ2n) is 34.4. The summed E-state index contributed by atoms with van der Waals surface area (Å²) in [6.45, 7) is 12.2. The number of carbonyl (C=O) groups is 4. The molecule has 0 fully saturated rings. The molecule has 3 N–H and O–H groups in total. The molecule has 19 heteroatoms. The number of rotatable bonds is 91. The maximum absolute atomic E-state index is 13.2. The Labute approximate surface area is 689 Å². The number of unbranched alkanes of at least 4 members (excludes halogenated alkanes) is 57. The van der Waals surface area contributed by atoms with E-state index in [2.05, 4.69) is 48.5 Å². The Morgan fingerprint density at radius 1 is 0.259 bits per heavy atom. The van der Waals surface area contributed by atoms with E-state index in [9.17, 15) is 43.2 Å². The van der Waals surface area contributed by atoms with Crippen molar-refractivity contribution in [2.45, 2.75) is 516 Å². The Kier molecular flexibility index (Phi) is 81.3. The Morgan fingerprint density at radius 3 is 0.679 bits per heavy atom. The molecule has 0 heterocycles. The normalized spacial score (nSPS) is 14.2. The first-order chi connectivity index (χ1) is 54.3. The van der Waals surface area contributed by atoms with Crippen molar-refractivity contribution in [3.8, 4) is 0 Å². The maximum atomic E-state index is 13.2. The van der Waals surface area contributed by atoms with E-state index in [1.165, 1.54) is 308 Å². The summed E-state index contributed by atoms with van der Waals surface area (Å²) in [5.41, 5.74) is 0. The zero-order chi connectivity index (χ0) is 82.2. The fourth-order valence-electron chi connectivity index (χ4n) is 14.5. The molecule has 0 aliphatic heterocycles. The van der Waals surface area contributed by atoms with Gasteiger partial charge in [0.2, 0.25) is 0 Å². The van der Waals surface area contributed by atoms with Crippen molar-refractivity contribution in [1.82, 2.24) is 0 Å². The molecule has 0 aromatic rings. The molecular weight excluding hydrogens is 1450 g/mol. The van der Waals surface area contributed by atoms with Crippen LogP contribution in [0.5, 0.6) is 0 Å². The van der Waals surface area contributed by atoms with Crippen LogP contribution in [0.3, 0.4) is 0 Å². The lowest BCUT2D eigenvalue weighted by molar-refractivity contribution is -0.161. The molecule has 0 aliphatic carbocycles. The zero-order valence-electron chi connectivity index (χ0n) is 74.2. The highest BCUT2D eigenvalue weighted by atomic mass is 31.2. The number of hydrogen-bond acceptors (Lipinski definition) is 15. The smallest absolute Gasteiger partial charge is 0.462 e. The summed E-state index contributed by atoms with van der Waals surface area (Å²) < 4.78 is 69.1. The maximum Gasteiger partial charge on any atom is 0.472 e. The third-order valence-electron chi connectivity index (χ3n) is 22.6. The quantitative estimate of drug-likeness (QED) is 0.0222. The lowest BCUT2D eigenvalue weighted by Crippen LogP contribution is -2.30. The summed E-state index contributed by atoms with van der Waals surface area (Å²) in [5.74, 6) is 0.445. The number of aliphatic hydroxyl groups is 1. The predicted molar refractivity (Wildman–Crippen MR) is 465 cm³/mol. The fraction of sp³-hybridized carbons (Fsp3) is 0.957. The van der Waals surface area contributed by atoms with Crippen molar-refractivity contribution in [2.24, 2.45) is 17.8 Å². The van der Waals surface area contributed by atoms with Gasteiger partial charge in [0, 0.05) is 25.7 Å². The molecular formula is C93H182O17P2. The Balaban J connectivity index is 5.23. The molecule has 666 valence electrons. The third-order valence-corrected chi connectivity index (χ3v) is 24.5. The summed E-state index contributed by atoms with van der Waals surface area (Å²) >= 11 is 0. The summed E-state index contributed by atoms with van der Waals surface area (Å²) in [4.78, 5) is 73.5. The number of hydrogen-bond donors (Lipinski definition) is 3. The lowest BCUT2D eigenvalue weighted by atomic mass is 9.99. The van der Waals surface area contributed by atoms with Crippen molar-refractivity contribution >= 4 is 39.5 Å². The molecule has 0 aromatic heterocycles. The van der Waals surface area contributed by atoms with Crippen LogP contribution >= 0.6 is 15.6 Å². The van der Waals surface area contributed by atoms with E-state index in [0.717, 1.165) is 108 Å². The predicted octanol–water partition coefficient (Wildman–Crippen LogP) is 28.8. The Morgan fingerprint density at radius 2 is 0.455 bits per heavy atom. The Hall–Kier alpha value is -1.94. The van der Waals surface area contributed by atoms with Gasteiger partial charge in [0.15, 0.2) is 12.2 Å². The first kappa shape index (κ1) is 110. The van der Waals surface area contributed by atoms with Gasteiger partial charge in [-0.1, -0.05) is 447 Å². The molecule has 0 aliphatic rings. The molecule has 0 radical (unpaired) electrons. The SMILES string of the molecule is CCCCCCCCCCCCCC(=O)OC[C@H](COP(=O)(O)OC[C@H](O)COP(=O)(O)OC[C@@H](COC(=O)CCCCCCCCCCCCCCCCCCCCC(C)CC)OC(=O)CCCCCCCCCCCCCCCCCCCCC(C)CC)OC(=O)CCCCCCCCCCCCCCCCC(C)C. The summed E-state index contributed by atoms with van der Waals surface area (Å²) in [7, 11) is -9.94. The molecule has 17 nitrogen and oxygen atoms in total. The molecule has 0 spiro atoms. The zero-order valence-corrected chi connectivity index (χ0v) is 75.9. The summed E-state index contributed by atoms with van der Waals surface area (Å²) in [6, 6.07) is 0. The highest BCUT2D eigenvalue weighted by Crippen LogP contribution is 2.45. The minimum absolute atomic E-state index is 0.108. The van der Waals surface area contributed by atoms with Crippen LogP contribution in [-0.4, -0.2) is 96.7 Å². The Bertz CT molecular complexity index is 2150. The number of phosphoric acid groups is 2. The van der Waals surface area contributed by atoms with Crippen molar-refractivity contribution in [2.75, 3.05) is 39.6 Å². The van der Waals surface area contributed by atoms with Crippen LogP contribution in [0.4, 0.5) is 0 Å². The van der Waals surface area contributed by atoms with Gasteiger partial charge in [-0.15, -0.1) is 0 Å². The van der Waals surface area contributed by atoms with Crippen LogP contribution in [0.15, 0.2) is 0 Å². The van der Waals surface area contributed by atoms with Gasteiger partial charge in [-0.25, -0.2) is 9.13 Å². The van der Waals surface area contributed by atoms with Gasteiger partial charge in [0.1, 0.15) is 19.3 Å². The lowest BCUT2D eigenvalue weighted by Gasteiger charge is -2.21. The topological polar surface area (TPSA) is 237 Å². The molecule has 4 unspecified atom stereocenters. The van der Waals surface area contributed by atoms with Crippen molar-refractivity contribution in [3.63, 3.8) is 0 Å². The van der Waals surface area contributed by atoms with Gasteiger partial charge >= 0.3 is 39.5 Å². The van der Waals surface area contributed by atoms with Gasteiger partial charge in [-0.3, -0.25) is 37.3 Å². The van der Waals surface area contributed by atoms with E-state index in [4.69, 9.17) is 37.0 Å². The number of carbonyl (C=O) groups excluding carboxylic acids is 4. The van der Waals surface area contributed by atoms with Crippen LogP contribution < -0.4 is 0 Å². The van der Waals surface area contributed by atoms with Crippen LogP contribution in [0.2, 0.25) is 0 Å². The van der Waals surface area contributed by atoms with Gasteiger partial charge < -0.3 is 33.8 Å². The molecule has 0 saturated carbocycles. The standard InChI is InChI=1S/C93H182O17P2/c1-8-11-12-13-14-15-36-46-53-60-67-74-90(95)103-80-88(109-93(98)77-70-63-56-49-42-35-29-28-30-37-43-50-57-64-71-84(4)5)82-107-111(99,100)105-78-87(94)79-106-112(101,102)108-83-89(110-92(97)76-69-62-55-48-41-34-27-23-19-17-21-25-32-39-45-52-59-66-73-86(7)10-3)81-104-91(96)75-68-61-54-47-40-33-26-22-18-16-20-24-31-38-44-51-58-65-72-85(6)9-2/h84-89,94H,8-83H2,1-7H3,(H,99,100)(H,101,102)/t85?,86?,87-,88+,89+/m0/s1. The molecule has 0 rings (SSSR count). The first-order valence-corrected chi connectivity index (χ1v) is 50.9. The minimum Gasteiger partial charge on any atom is -0.462 e.